The molecule has 3 atom stereocenters. The summed E-state index contributed by atoms with van der Waals surface area (Å²) in [6.07, 6.45) is 8.17. The predicted molar refractivity (Wildman–Crippen MR) is 123 cm³/mol. The molecule has 0 saturated carbocycles. The number of nitrogens with zero attached hydrogens (tertiary/aromatic N) is 4. The Hall–Kier alpha value is -2.47. The van der Waals surface area contributed by atoms with E-state index in [9.17, 15) is 9.59 Å². The molecule has 4 aliphatic rings. The van der Waals surface area contributed by atoms with Crippen molar-refractivity contribution in [3.8, 4) is 0 Å². The quantitative estimate of drug-likeness (QED) is 0.732. The third-order valence-electron chi connectivity index (χ3n) is 8.33. The maximum absolute atomic E-state index is 13.1. The summed E-state index contributed by atoms with van der Waals surface area (Å²) in [6, 6.07) is 10.8. The fourth-order valence-corrected chi connectivity index (χ4v) is 6.77. The molecule has 2 aromatic rings. The van der Waals surface area contributed by atoms with Crippen LogP contribution >= 0.6 is 0 Å². The van der Waals surface area contributed by atoms with E-state index in [1.165, 1.54) is 12.8 Å². The van der Waals surface area contributed by atoms with Crippen molar-refractivity contribution >= 4 is 22.7 Å². The Bertz CT molecular complexity index is 1030. The van der Waals surface area contributed by atoms with E-state index in [1.807, 2.05) is 35.2 Å². The van der Waals surface area contributed by atoms with Crippen LogP contribution in [0.2, 0.25) is 0 Å². The number of hydrogen-bond acceptors (Lipinski definition) is 4. The van der Waals surface area contributed by atoms with Crippen LogP contribution in [-0.4, -0.2) is 76.3 Å². The lowest BCUT2D eigenvalue weighted by molar-refractivity contribution is -0.145. The Balaban J connectivity index is 1.09. The predicted octanol–water partition coefficient (Wildman–Crippen LogP) is 3.17. The topological polar surface area (TPSA) is 56.8 Å². The van der Waals surface area contributed by atoms with Gasteiger partial charge in [-0.15, -0.1) is 0 Å². The Kier molecular flexibility index (Phi) is 5.13. The highest BCUT2D eigenvalue weighted by Crippen LogP contribution is 2.39. The van der Waals surface area contributed by atoms with E-state index >= 15 is 0 Å². The summed E-state index contributed by atoms with van der Waals surface area (Å²) < 4.78 is 0. The molecule has 2 bridgehead atoms. The molecule has 4 aliphatic heterocycles. The van der Waals surface area contributed by atoms with Crippen molar-refractivity contribution in [3.63, 3.8) is 0 Å². The van der Waals surface area contributed by atoms with Gasteiger partial charge in [-0.05, 0) is 68.2 Å². The van der Waals surface area contributed by atoms with Crippen LogP contribution in [0, 0.1) is 11.8 Å². The second-order valence-corrected chi connectivity index (χ2v) is 10.3. The van der Waals surface area contributed by atoms with Crippen molar-refractivity contribution in [2.45, 2.75) is 50.6 Å². The summed E-state index contributed by atoms with van der Waals surface area (Å²) in [6.45, 7) is 4.86. The maximum Gasteiger partial charge on any atom is 0.253 e. The summed E-state index contributed by atoms with van der Waals surface area (Å²) in [5, 5.41) is 1.02. The maximum atomic E-state index is 13.1. The second-order valence-electron chi connectivity index (χ2n) is 10.3. The van der Waals surface area contributed by atoms with Crippen molar-refractivity contribution in [2.75, 3.05) is 32.7 Å². The second kappa shape index (κ2) is 8.14. The Morgan fingerprint density at radius 3 is 2.78 bits per heavy atom. The summed E-state index contributed by atoms with van der Waals surface area (Å²) in [7, 11) is 0. The van der Waals surface area contributed by atoms with E-state index in [4.69, 9.17) is 0 Å². The van der Waals surface area contributed by atoms with Gasteiger partial charge in [0.05, 0.1) is 5.52 Å². The first-order chi connectivity index (χ1) is 15.7. The van der Waals surface area contributed by atoms with E-state index in [0.29, 0.717) is 29.8 Å². The molecule has 6 heteroatoms. The standard InChI is InChI=1S/C26H32N4O2/c31-25-5-1-4-24-21-13-18(16-30(24)25)15-29(17-21)22-8-11-28(12-9-22)26(32)20-6-7-23-19(14-20)3-2-10-27-23/h2-3,6-7,10,14,18,21-22,24H,1,4-5,8-9,11-13,15-17H2/t18?,21?,24-/m1/s1. The molecule has 5 heterocycles. The number of pyridine rings is 1. The molecule has 2 amide bonds. The third-order valence-corrected chi connectivity index (χ3v) is 8.33. The molecule has 1 aromatic heterocycles. The van der Waals surface area contributed by atoms with Gasteiger partial charge < -0.3 is 9.80 Å². The number of piperidine rings is 4. The number of carbonyl (C=O) groups excluding carboxylic acids is 2. The van der Waals surface area contributed by atoms with Gasteiger partial charge in [0.1, 0.15) is 0 Å². The van der Waals surface area contributed by atoms with Crippen LogP contribution in [0.25, 0.3) is 10.9 Å². The average Bonchev–Trinajstić information content (AvgIpc) is 2.84. The molecule has 6 nitrogen and oxygen atoms in total. The molecule has 0 aliphatic carbocycles. The number of rotatable bonds is 2. The molecule has 0 spiro atoms. The van der Waals surface area contributed by atoms with Gasteiger partial charge in [0, 0.05) is 68.4 Å². The zero-order chi connectivity index (χ0) is 21.7. The summed E-state index contributed by atoms with van der Waals surface area (Å²) in [5.41, 5.74) is 1.69. The lowest BCUT2D eigenvalue weighted by atomic mass is 9.75. The number of benzene rings is 1. The minimum Gasteiger partial charge on any atom is -0.339 e. The Labute approximate surface area is 189 Å². The van der Waals surface area contributed by atoms with Crippen LogP contribution in [0.15, 0.2) is 36.5 Å². The highest BCUT2D eigenvalue weighted by Gasteiger charge is 2.45. The number of hydrogen-bond donors (Lipinski definition) is 0. The van der Waals surface area contributed by atoms with E-state index in [-0.39, 0.29) is 5.91 Å². The van der Waals surface area contributed by atoms with Gasteiger partial charge in [-0.2, -0.15) is 0 Å². The van der Waals surface area contributed by atoms with Crippen molar-refractivity contribution in [2.24, 2.45) is 11.8 Å². The molecule has 4 saturated heterocycles. The molecule has 0 radical (unpaired) electrons. The van der Waals surface area contributed by atoms with E-state index in [0.717, 1.165) is 74.9 Å². The molecule has 0 N–H and O–H groups in total. The molecule has 1 aromatic carbocycles. The Morgan fingerprint density at radius 1 is 1.03 bits per heavy atom. The number of amides is 2. The first kappa shape index (κ1) is 20.2. The molecular formula is C26H32N4O2. The van der Waals surface area contributed by atoms with Gasteiger partial charge in [0.2, 0.25) is 5.91 Å². The minimum atomic E-state index is 0.140. The molecule has 168 valence electrons. The minimum absolute atomic E-state index is 0.140. The molecule has 2 unspecified atom stereocenters. The molecular weight excluding hydrogens is 400 g/mol. The summed E-state index contributed by atoms with van der Waals surface area (Å²) in [4.78, 5) is 36.8. The number of likely N-dealkylation sites (tertiary alicyclic amines) is 2. The zero-order valence-corrected chi connectivity index (χ0v) is 18.7. The summed E-state index contributed by atoms with van der Waals surface area (Å²) >= 11 is 0. The van der Waals surface area contributed by atoms with Crippen LogP contribution in [0.1, 0.15) is 48.9 Å². The smallest absolute Gasteiger partial charge is 0.253 e. The fraction of sp³-hybridized carbons (Fsp3) is 0.577. The average molecular weight is 433 g/mol. The molecule has 6 rings (SSSR count). The van der Waals surface area contributed by atoms with Crippen LogP contribution in [0.5, 0.6) is 0 Å². The van der Waals surface area contributed by atoms with Crippen LogP contribution in [0.4, 0.5) is 0 Å². The Morgan fingerprint density at radius 2 is 1.91 bits per heavy atom. The SMILES string of the molecule is O=C(c1ccc2ncccc2c1)N1CCC(N2CC3CC(C2)[C@H]2CCCC(=O)N2C3)CC1. The van der Waals surface area contributed by atoms with Crippen molar-refractivity contribution in [3.05, 3.63) is 42.1 Å². The number of fused-ring (bicyclic) bond motifs is 5. The molecule has 4 fully saturated rings. The van der Waals surface area contributed by atoms with Gasteiger partial charge in [0.25, 0.3) is 5.91 Å². The molecule has 32 heavy (non-hydrogen) atoms. The van der Waals surface area contributed by atoms with E-state index in [2.05, 4.69) is 14.8 Å². The van der Waals surface area contributed by atoms with E-state index < -0.39 is 0 Å². The van der Waals surface area contributed by atoms with Gasteiger partial charge in [0.15, 0.2) is 0 Å². The van der Waals surface area contributed by atoms with Gasteiger partial charge in [-0.1, -0.05) is 6.07 Å². The third kappa shape index (κ3) is 3.58. The van der Waals surface area contributed by atoms with Gasteiger partial charge >= 0.3 is 0 Å². The normalized spacial score (nSPS) is 29.2. The lowest BCUT2D eigenvalue weighted by Gasteiger charge is -2.54. The number of carbonyl (C=O) groups is 2. The monoisotopic (exact) mass is 432 g/mol. The summed E-state index contributed by atoms with van der Waals surface area (Å²) in [5.74, 6) is 1.79. The first-order valence-electron chi connectivity index (χ1n) is 12.3. The highest BCUT2D eigenvalue weighted by molar-refractivity contribution is 5.98. The van der Waals surface area contributed by atoms with Gasteiger partial charge in [-0.3, -0.25) is 19.5 Å². The van der Waals surface area contributed by atoms with Crippen molar-refractivity contribution in [1.82, 2.24) is 19.7 Å². The van der Waals surface area contributed by atoms with Crippen LogP contribution in [-0.2, 0) is 4.79 Å². The zero-order valence-electron chi connectivity index (χ0n) is 18.7. The largest absolute Gasteiger partial charge is 0.339 e. The van der Waals surface area contributed by atoms with Crippen LogP contribution < -0.4 is 0 Å². The fourth-order valence-electron chi connectivity index (χ4n) is 6.77. The first-order valence-corrected chi connectivity index (χ1v) is 12.3. The number of aromatic nitrogens is 1. The van der Waals surface area contributed by atoms with E-state index in [1.54, 1.807) is 6.20 Å². The van der Waals surface area contributed by atoms with Crippen molar-refractivity contribution < 1.29 is 9.59 Å². The van der Waals surface area contributed by atoms with Crippen LogP contribution in [0.3, 0.4) is 0 Å². The van der Waals surface area contributed by atoms with Crippen molar-refractivity contribution in [1.29, 1.82) is 0 Å². The van der Waals surface area contributed by atoms with Gasteiger partial charge in [-0.25, -0.2) is 0 Å². The highest BCUT2D eigenvalue weighted by atomic mass is 16.2. The lowest BCUT2D eigenvalue weighted by Crippen LogP contribution is -2.62.